The molecule has 10 heteroatoms. The van der Waals surface area contributed by atoms with Gasteiger partial charge in [0, 0.05) is 5.56 Å². The van der Waals surface area contributed by atoms with E-state index in [1.807, 2.05) is 0 Å². The summed E-state index contributed by atoms with van der Waals surface area (Å²) in [4.78, 5) is 12.0. The first-order chi connectivity index (χ1) is 16.9. The van der Waals surface area contributed by atoms with Gasteiger partial charge in [-0.15, -0.1) is 0 Å². The predicted molar refractivity (Wildman–Crippen MR) is 119 cm³/mol. The zero-order valence-electron chi connectivity index (χ0n) is 19.6. The first-order valence-corrected chi connectivity index (χ1v) is 11.1. The minimum atomic E-state index is -4.99. The molecule has 1 fully saturated rings. The highest BCUT2D eigenvalue weighted by atomic mass is 19.4. The maximum Gasteiger partial charge on any atom is 0.416 e. The Morgan fingerprint density at radius 1 is 0.944 bits per heavy atom. The standard InChI is InChI=1S/C26H24F6O4/c1-34-22-10-9-17(13-23(22)36-21-5-3-4-6-21)18(14-24(33)35-2)8-7-16-11-19(25(27,28)29)15-20(12-16)26(30,31)32/h9-13,15,18,21H,3-6,14H2,1-2H3. The van der Waals surface area contributed by atoms with E-state index >= 15 is 0 Å². The molecule has 0 saturated heterocycles. The summed E-state index contributed by atoms with van der Waals surface area (Å²) >= 11 is 0. The Bertz CT molecular complexity index is 1110. The molecule has 0 heterocycles. The van der Waals surface area contributed by atoms with Crippen LogP contribution in [0, 0.1) is 11.8 Å². The molecule has 0 bridgehead atoms. The molecule has 4 nitrogen and oxygen atoms in total. The number of halogens is 6. The summed E-state index contributed by atoms with van der Waals surface area (Å²) in [6.07, 6.45) is -6.47. The fourth-order valence-corrected chi connectivity index (χ4v) is 3.89. The molecule has 194 valence electrons. The van der Waals surface area contributed by atoms with E-state index in [1.54, 1.807) is 18.2 Å². The monoisotopic (exact) mass is 514 g/mol. The topological polar surface area (TPSA) is 44.8 Å². The molecule has 0 radical (unpaired) electrons. The summed E-state index contributed by atoms with van der Waals surface area (Å²) in [5.41, 5.74) is -2.95. The molecule has 1 saturated carbocycles. The van der Waals surface area contributed by atoms with E-state index in [0.29, 0.717) is 29.2 Å². The van der Waals surface area contributed by atoms with Gasteiger partial charge in [-0.3, -0.25) is 4.79 Å². The van der Waals surface area contributed by atoms with Crippen molar-refractivity contribution >= 4 is 5.97 Å². The van der Waals surface area contributed by atoms with Gasteiger partial charge < -0.3 is 14.2 Å². The minimum absolute atomic E-state index is 0.00908. The molecule has 0 aromatic heterocycles. The second-order valence-corrected chi connectivity index (χ2v) is 8.33. The lowest BCUT2D eigenvalue weighted by Crippen LogP contribution is -2.13. The number of carbonyl (C=O) groups excluding carboxylic acids is 1. The van der Waals surface area contributed by atoms with Crippen LogP contribution in [-0.2, 0) is 21.9 Å². The van der Waals surface area contributed by atoms with E-state index in [0.717, 1.165) is 32.8 Å². The van der Waals surface area contributed by atoms with Crippen LogP contribution in [-0.4, -0.2) is 26.3 Å². The van der Waals surface area contributed by atoms with Gasteiger partial charge in [-0.25, -0.2) is 0 Å². The van der Waals surface area contributed by atoms with Crippen molar-refractivity contribution in [3.05, 3.63) is 58.7 Å². The van der Waals surface area contributed by atoms with Crippen molar-refractivity contribution in [3.8, 4) is 23.3 Å². The summed E-state index contributed by atoms with van der Waals surface area (Å²) in [6.45, 7) is 0. The molecule has 3 rings (SSSR count). The normalized spacial score (nSPS) is 15.1. The Labute approximate surface area is 204 Å². The number of rotatable bonds is 6. The van der Waals surface area contributed by atoms with Crippen LogP contribution in [0.4, 0.5) is 26.3 Å². The third kappa shape index (κ3) is 7.09. The SMILES string of the molecule is COC(=O)CC(C#Cc1cc(C(F)(F)F)cc(C(F)(F)F)c1)c1ccc(OC)c(OC2CCCC2)c1. The number of carbonyl (C=O) groups is 1. The largest absolute Gasteiger partial charge is 0.493 e. The van der Waals surface area contributed by atoms with Crippen molar-refractivity contribution in [3.63, 3.8) is 0 Å². The van der Waals surface area contributed by atoms with Crippen LogP contribution >= 0.6 is 0 Å². The average molecular weight is 514 g/mol. The van der Waals surface area contributed by atoms with Crippen LogP contribution in [0.25, 0.3) is 0 Å². The van der Waals surface area contributed by atoms with E-state index < -0.39 is 40.9 Å². The van der Waals surface area contributed by atoms with Crippen LogP contribution < -0.4 is 9.47 Å². The molecule has 0 aliphatic heterocycles. The Balaban J connectivity index is 2.03. The van der Waals surface area contributed by atoms with Gasteiger partial charge >= 0.3 is 18.3 Å². The Morgan fingerprint density at radius 2 is 1.56 bits per heavy atom. The minimum Gasteiger partial charge on any atom is -0.493 e. The van der Waals surface area contributed by atoms with Crippen LogP contribution in [0.5, 0.6) is 11.5 Å². The quantitative estimate of drug-likeness (QED) is 0.243. The van der Waals surface area contributed by atoms with E-state index in [4.69, 9.17) is 14.2 Å². The van der Waals surface area contributed by atoms with Crippen LogP contribution in [0.1, 0.15) is 60.3 Å². The smallest absolute Gasteiger partial charge is 0.416 e. The number of hydrogen-bond donors (Lipinski definition) is 0. The summed E-state index contributed by atoms with van der Waals surface area (Å²) in [5.74, 6) is 4.36. The van der Waals surface area contributed by atoms with Gasteiger partial charge in [0.05, 0.1) is 43.8 Å². The van der Waals surface area contributed by atoms with Crippen LogP contribution in [0.15, 0.2) is 36.4 Å². The van der Waals surface area contributed by atoms with Gasteiger partial charge in [-0.05, 0) is 61.6 Å². The summed E-state index contributed by atoms with van der Waals surface area (Å²) in [7, 11) is 2.63. The molecule has 0 amide bonds. The van der Waals surface area contributed by atoms with Gasteiger partial charge in [-0.2, -0.15) is 26.3 Å². The van der Waals surface area contributed by atoms with Crippen molar-refractivity contribution in [2.45, 2.75) is 56.5 Å². The first kappa shape index (κ1) is 27.2. The van der Waals surface area contributed by atoms with Gasteiger partial charge in [0.25, 0.3) is 0 Å². The van der Waals surface area contributed by atoms with E-state index in [9.17, 15) is 31.1 Å². The van der Waals surface area contributed by atoms with Gasteiger partial charge in [0.15, 0.2) is 11.5 Å². The summed E-state index contributed by atoms with van der Waals surface area (Å²) in [5, 5.41) is 0. The van der Waals surface area contributed by atoms with Crippen molar-refractivity contribution in [2.24, 2.45) is 0 Å². The molecule has 1 aliphatic rings. The van der Waals surface area contributed by atoms with Crippen LogP contribution in [0.3, 0.4) is 0 Å². The number of methoxy groups -OCH3 is 2. The average Bonchev–Trinajstić information content (AvgIpc) is 3.33. The maximum atomic E-state index is 13.2. The highest BCUT2D eigenvalue weighted by molar-refractivity contribution is 5.71. The fourth-order valence-electron chi connectivity index (χ4n) is 3.89. The molecule has 1 atom stereocenters. The van der Waals surface area contributed by atoms with E-state index in [1.165, 1.54) is 7.11 Å². The third-order valence-corrected chi connectivity index (χ3v) is 5.76. The summed E-state index contributed by atoms with van der Waals surface area (Å²) in [6, 6.07) is 5.95. The van der Waals surface area contributed by atoms with E-state index in [-0.39, 0.29) is 18.6 Å². The molecule has 2 aromatic carbocycles. The zero-order chi connectivity index (χ0) is 26.5. The number of esters is 1. The number of alkyl halides is 6. The Hall–Kier alpha value is -3.35. The predicted octanol–water partition coefficient (Wildman–Crippen LogP) is 6.75. The summed E-state index contributed by atoms with van der Waals surface area (Å²) < 4.78 is 95.3. The van der Waals surface area contributed by atoms with Crippen molar-refractivity contribution in [2.75, 3.05) is 14.2 Å². The Kier molecular flexibility index (Phi) is 8.43. The second kappa shape index (κ2) is 11.1. The molecule has 36 heavy (non-hydrogen) atoms. The molecule has 1 unspecified atom stereocenters. The molecule has 0 N–H and O–H groups in total. The Morgan fingerprint density at radius 3 is 2.08 bits per heavy atom. The number of benzene rings is 2. The van der Waals surface area contributed by atoms with Gasteiger partial charge in [-0.1, -0.05) is 17.9 Å². The lowest BCUT2D eigenvalue weighted by molar-refractivity contribution is -0.143. The zero-order valence-corrected chi connectivity index (χ0v) is 19.6. The van der Waals surface area contributed by atoms with Gasteiger partial charge in [0.1, 0.15) is 0 Å². The fraction of sp³-hybridized carbons (Fsp3) is 0.423. The molecule has 2 aromatic rings. The number of hydrogen-bond acceptors (Lipinski definition) is 4. The van der Waals surface area contributed by atoms with E-state index in [2.05, 4.69) is 11.8 Å². The molecular formula is C26H24F6O4. The molecule has 1 aliphatic carbocycles. The lowest BCUT2D eigenvalue weighted by atomic mass is 9.95. The van der Waals surface area contributed by atoms with Crippen molar-refractivity contribution < 1.29 is 45.3 Å². The highest BCUT2D eigenvalue weighted by Gasteiger charge is 2.36. The first-order valence-electron chi connectivity index (χ1n) is 11.1. The highest BCUT2D eigenvalue weighted by Crippen LogP contribution is 2.37. The lowest BCUT2D eigenvalue weighted by Gasteiger charge is -2.18. The van der Waals surface area contributed by atoms with Gasteiger partial charge in [0.2, 0.25) is 0 Å². The van der Waals surface area contributed by atoms with Crippen LogP contribution in [0.2, 0.25) is 0 Å². The van der Waals surface area contributed by atoms with Crippen molar-refractivity contribution in [1.82, 2.24) is 0 Å². The molecule has 0 spiro atoms. The number of ether oxygens (including phenoxy) is 3. The third-order valence-electron chi connectivity index (χ3n) is 5.76. The molecular weight excluding hydrogens is 490 g/mol. The van der Waals surface area contributed by atoms with Crippen molar-refractivity contribution in [1.29, 1.82) is 0 Å². The maximum absolute atomic E-state index is 13.2. The second-order valence-electron chi connectivity index (χ2n) is 8.33.